The second kappa shape index (κ2) is 12.8. The maximum Gasteiger partial charge on any atom is 0.247 e. The van der Waals surface area contributed by atoms with Crippen LogP contribution in [-0.4, -0.2) is 12.5 Å². The summed E-state index contributed by atoms with van der Waals surface area (Å²) in [4.78, 5) is 13.4. The van der Waals surface area contributed by atoms with Crippen LogP contribution in [0.25, 0.3) is 0 Å². The van der Waals surface area contributed by atoms with Crippen molar-refractivity contribution in [3.8, 4) is 17.6 Å². The predicted octanol–water partition coefficient (Wildman–Crippen LogP) is 6.01. The summed E-state index contributed by atoms with van der Waals surface area (Å²) in [7, 11) is 0. The standard InChI is InChI=1S/C31H29N3O3/c1-2-36-29-19-26(15-18-28(29)37-22-25-11-7-4-8-12-25)30(34-27-16-13-23(20-32)14-17-27)31(35)33-21-24-9-5-3-6-10-24/h3-19,30,34H,2,21-22H2,1H3,(H,33,35). The molecule has 4 aromatic carbocycles. The normalized spacial score (nSPS) is 11.1. The Hall–Kier alpha value is -4.76. The predicted molar refractivity (Wildman–Crippen MR) is 144 cm³/mol. The molecular weight excluding hydrogens is 462 g/mol. The van der Waals surface area contributed by atoms with Gasteiger partial charge in [-0.3, -0.25) is 4.79 Å². The van der Waals surface area contributed by atoms with E-state index in [1.807, 2.05) is 85.8 Å². The summed E-state index contributed by atoms with van der Waals surface area (Å²) in [5.74, 6) is 0.989. The number of hydrogen-bond donors (Lipinski definition) is 2. The Balaban J connectivity index is 1.58. The molecule has 0 spiro atoms. The molecule has 0 fully saturated rings. The summed E-state index contributed by atoms with van der Waals surface area (Å²) in [5, 5.41) is 15.5. The molecule has 4 aromatic rings. The molecule has 0 saturated heterocycles. The zero-order chi connectivity index (χ0) is 25.9. The van der Waals surface area contributed by atoms with Crippen molar-refractivity contribution in [2.75, 3.05) is 11.9 Å². The van der Waals surface area contributed by atoms with E-state index in [1.54, 1.807) is 24.3 Å². The van der Waals surface area contributed by atoms with Crippen LogP contribution in [-0.2, 0) is 17.9 Å². The van der Waals surface area contributed by atoms with Crippen LogP contribution in [0.5, 0.6) is 11.5 Å². The van der Waals surface area contributed by atoms with Gasteiger partial charge in [0.05, 0.1) is 18.2 Å². The molecule has 0 aliphatic rings. The Morgan fingerprint density at radius 2 is 1.51 bits per heavy atom. The Morgan fingerprint density at radius 3 is 2.16 bits per heavy atom. The van der Waals surface area contributed by atoms with E-state index in [1.165, 1.54) is 0 Å². The lowest BCUT2D eigenvalue weighted by Gasteiger charge is -2.22. The molecule has 2 N–H and O–H groups in total. The van der Waals surface area contributed by atoms with Crippen LogP contribution in [0.1, 0.15) is 35.2 Å². The molecule has 6 nitrogen and oxygen atoms in total. The molecule has 0 bridgehead atoms. The maximum absolute atomic E-state index is 13.4. The fraction of sp³-hybridized carbons (Fsp3) is 0.161. The van der Waals surface area contributed by atoms with E-state index in [2.05, 4.69) is 16.7 Å². The quantitative estimate of drug-likeness (QED) is 0.269. The number of nitriles is 1. The molecule has 0 aliphatic heterocycles. The number of ether oxygens (including phenoxy) is 2. The van der Waals surface area contributed by atoms with Gasteiger partial charge >= 0.3 is 0 Å². The van der Waals surface area contributed by atoms with Gasteiger partial charge in [-0.2, -0.15) is 5.26 Å². The lowest BCUT2D eigenvalue weighted by Crippen LogP contribution is -2.33. The SMILES string of the molecule is CCOc1cc(C(Nc2ccc(C#N)cc2)C(=O)NCc2ccccc2)ccc1OCc1ccccc1. The van der Waals surface area contributed by atoms with Crippen LogP contribution in [0.2, 0.25) is 0 Å². The molecule has 4 rings (SSSR count). The van der Waals surface area contributed by atoms with Crippen molar-refractivity contribution >= 4 is 11.6 Å². The number of benzene rings is 4. The molecule has 186 valence electrons. The molecule has 0 aliphatic carbocycles. The summed E-state index contributed by atoms with van der Waals surface area (Å²) in [5.41, 5.74) is 4.06. The lowest BCUT2D eigenvalue weighted by molar-refractivity contribution is -0.122. The van der Waals surface area contributed by atoms with Gasteiger partial charge in [-0.25, -0.2) is 0 Å². The number of anilines is 1. The van der Waals surface area contributed by atoms with Gasteiger partial charge in [0.25, 0.3) is 0 Å². The van der Waals surface area contributed by atoms with Gasteiger partial charge in [-0.05, 0) is 60.0 Å². The van der Waals surface area contributed by atoms with Crippen LogP contribution in [0.15, 0.2) is 103 Å². The average molecular weight is 492 g/mol. The first-order valence-electron chi connectivity index (χ1n) is 12.2. The number of carbonyl (C=O) groups excluding carboxylic acids is 1. The molecule has 0 radical (unpaired) electrons. The summed E-state index contributed by atoms with van der Waals surface area (Å²) < 4.78 is 11.9. The highest BCUT2D eigenvalue weighted by atomic mass is 16.5. The zero-order valence-electron chi connectivity index (χ0n) is 20.7. The van der Waals surface area contributed by atoms with Crippen molar-refractivity contribution in [1.29, 1.82) is 5.26 Å². The Bertz CT molecular complexity index is 1330. The fourth-order valence-corrected chi connectivity index (χ4v) is 3.82. The molecule has 0 saturated carbocycles. The number of amides is 1. The minimum absolute atomic E-state index is 0.186. The van der Waals surface area contributed by atoms with E-state index >= 15 is 0 Å². The second-order valence-corrected chi connectivity index (χ2v) is 8.38. The summed E-state index contributed by atoms with van der Waals surface area (Å²) >= 11 is 0. The van der Waals surface area contributed by atoms with Gasteiger partial charge in [-0.1, -0.05) is 66.7 Å². The second-order valence-electron chi connectivity index (χ2n) is 8.38. The average Bonchev–Trinajstić information content (AvgIpc) is 2.95. The monoisotopic (exact) mass is 491 g/mol. The Morgan fingerprint density at radius 1 is 0.838 bits per heavy atom. The van der Waals surface area contributed by atoms with Gasteiger partial charge in [0.1, 0.15) is 12.6 Å². The molecule has 1 atom stereocenters. The largest absolute Gasteiger partial charge is 0.490 e. The summed E-state index contributed by atoms with van der Waals surface area (Å²) in [6.45, 7) is 3.18. The summed E-state index contributed by atoms with van der Waals surface area (Å²) in [6.07, 6.45) is 0. The van der Waals surface area contributed by atoms with Crippen molar-refractivity contribution in [3.05, 3.63) is 125 Å². The number of carbonyl (C=O) groups is 1. The third kappa shape index (κ3) is 7.12. The highest BCUT2D eigenvalue weighted by Gasteiger charge is 2.22. The zero-order valence-corrected chi connectivity index (χ0v) is 20.7. The van der Waals surface area contributed by atoms with Crippen LogP contribution in [0, 0.1) is 11.3 Å². The van der Waals surface area contributed by atoms with E-state index in [-0.39, 0.29) is 5.91 Å². The third-order valence-corrected chi connectivity index (χ3v) is 5.73. The molecular formula is C31H29N3O3. The molecule has 6 heteroatoms. The van der Waals surface area contributed by atoms with Crippen molar-refractivity contribution in [2.45, 2.75) is 26.1 Å². The van der Waals surface area contributed by atoms with Crippen LogP contribution in [0.4, 0.5) is 5.69 Å². The van der Waals surface area contributed by atoms with Gasteiger partial charge in [0, 0.05) is 12.2 Å². The smallest absolute Gasteiger partial charge is 0.247 e. The highest BCUT2D eigenvalue weighted by Crippen LogP contribution is 2.33. The molecule has 0 heterocycles. The Labute approximate surface area is 217 Å². The number of nitrogens with zero attached hydrogens (tertiary/aromatic N) is 1. The van der Waals surface area contributed by atoms with Gasteiger partial charge < -0.3 is 20.1 Å². The van der Waals surface area contributed by atoms with Crippen molar-refractivity contribution < 1.29 is 14.3 Å². The van der Waals surface area contributed by atoms with Gasteiger partial charge in [-0.15, -0.1) is 0 Å². The van der Waals surface area contributed by atoms with E-state index in [4.69, 9.17) is 14.7 Å². The fourth-order valence-electron chi connectivity index (χ4n) is 3.82. The summed E-state index contributed by atoms with van der Waals surface area (Å²) in [6, 6.07) is 33.6. The van der Waals surface area contributed by atoms with E-state index in [0.29, 0.717) is 36.8 Å². The molecule has 0 aromatic heterocycles. The third-order valence-electron chi connectivity index (χ3n) is 5.73. The van der Waals surface area contributed by atoms with Crippen molar-refractivity contribution in [1.82, 2.24) is 5.32 Å². The van der Waals surface area contributed by atoms with E-state index in [9.17, 15) is 4.79 Å². The number of nitrogens with one attached hydrogen (secondary N) is 2. The van der Waals surface area contributed by atoms with Crippen molar-refractivity contribution in [3.63, 3.8) is 0 Å². The maximum atomic E-state index is 13.4. The van der Waals surface area contributed by atoms with Crippen LogP contribution in [0.3, 0.4) is 0 Å². The van der Waals surface area contributed by atoms with Crippen LogP contribution < -0.4 is 20.1 Å². The molecule has 1 unspecified atom stereocenters. The first-order chi connectivity index (χ1) is 18.2. The minimum atomic E-state index is -0.695. The first kappa shape index (κ1) is 25.3. The number of rotatable bonds is 11. The lowest BCUT2D eigenvalue weighted by atomic mass is 10.0. The van der Waals surface area contributed by atoms with E-state index in [0.717, 1.165) is 22.4 Å². The molecule has 1 amide bonds. The first-order valence-corrected chi connectivity index (χ1v) is 12.2. The minimum Gasteiger partial charge on any atom is -0.490 e. The topological polar surface area (TPSA) is 83.4 Å². The van der Waals surface area contributed by atoms with Crippen LogP contribution >= 0.6 is 0 Å². The van der Waals surface area contributed by atoms with Crippen molar-refractivity contribution in [2.24, 2.45) is 0 Å². The highest BCUT2D eigenvalue weighted by molar-refractivity contribution is 5.86. The molecule has 37 heavy (non-hydrogen) atoms. The Kier molecular flexibility index (Phi) is 8.77. The van der Waals surface area contributed by atoms with Gasteiger partial charge in [0.2, 0.25) is 5.91 Å². The number of hydrogen-bond acceptors (Lipinski definition) is 5. The van der Waals surface area contributed by atoms with Gasteiger partial charge in [0.15, 0.2) is 11.5 Å². The van der Waals surface area contributed by atoms with E-state index < -0.39 is 6.04 Å².